The van der Waals surface area contributed by atoms with Gasteiger partial charge in [-0.2, -0.15) is 5.10 Å². The summed E-state index contributed by atoms with van der Waals surface area (Å²) in [5.74, 6) is -0.330. The molecule has 4 rings (SSSR count). The van der Waals surface area contributed by atoms with E-state index in [0.717, 1.165) is 16.7 Å². The third-order valence-electron chi connectivity index (χ3n) is 4.46. The third kappa shape index (κ3) is 4.19. The molecule has 29 heavy (non-hydrogen) atoms. The van der Waals surface area contributed by atoms with Gasteiger partial charge >= 0.3 is 5.97 Å². The summed E-state index contributed by atoms with van der Waals surface area (Å²) in [4.78, 5) is 24.3. The number of ether oxygens (including phenoxy) is 1. The van der Waals surface area contributed by atoms with E-state index in [1.54, 1.807) is 41.3 Å². The maximum atomic E-state index is 12.2. The number of amides is 1. The number of nitrogens with zero attached hydrogens (tertiary/aromatic N) is 2. The predicted octanol–water partition coefficient (Wildman–Crippen LogP) is 3.65. The molecule has 7 nitrogen and oxygen atoms in total. The molecule has 0 saturated heterocycles. The molecule has 1 amide bonds. The van der Waals surface area contributed by atoms with Crippen LogP contribution in [0.2, 0.25) is 0 Å². The molecule has 0 unspecified atom stereocenters. The summed E-state index contributed by atoms with van der Waals surface area (Å²) < 4.78 is 12.5. The van der Waals surface area contributed by atoms with Crippen molar-refractivity contribution in [1.82, 2.24) is 15.1 Å². The summed E-state index contributed by atoms with van der Waals surface area (Å²) >= 11 is 0. The number of aromatic nitrogens is 2. The molecule has 0 fully saturated rings. The van der Waals surface area contributed by atoms with Crippen molar-refractivity contribution in [1.29, 1.82) is 0 Å². The normalized spacial score (nSPS) is 11.9. The Morgan fingerprint density at radius 2 is 1.93 bits per heavy atom. The van der Waals surface area contributed by atoms with E-state index in [1.807, 2.05) is 43.3 Å². The Kier molecular flexibility index (Phi) is 5.11. The smallest absolute Gasteiger partial charge is 0.338 e. The van der Waals surface area contributed by atoms with Crippen LogP contribution in [0, 0.1) is 0 Å². The quantitative estimate of drug-likeness (QED) is 0.509. The van der Waals surface area contributed by atoms with Crippen LogP contribution >= 0.6 is 0 Å². The van der Waals surface area contributed by atoms with Gasteiger partial charge in [-0.25, -0.2) is 9.48 Å². The highest BCUT2D eigenvalue weighted by molar-refractivity contribution is 5.91. The van der Waals surface area contributed by atoms with Crippen LogP contribution in [0.15, 0.2) is 77.5 Å². The van der Waals surface area contributed by atoms with E-state index in [2.05, 4.69) is 10.4 Å². The molecular formula is C22H19N3O4. The lowest BCUT2D eigenvalue weighted by molar-refractivity contribution is -0.125. The third-order valence-corrected chi connectivity index (χ3v) is 4.46. The summed E-state index contributed by atoms with van der Waals surface area (Å²) in [5, 5.41) is 7.86. The van der Waals surface area contributed by atoms with Crippen LogP contribution in [0.3, 0.4) is 0 Å². The minimum Gasteiger partial charge on any atom is -0.459 e. The maximum Gasteiger partial charge on any atom is 0.338 e. The molecule has 0 aliphatic carbocycles. The van der Waals surface area contributed by atoms with Crippen molar-refractivity contribution < 1.29 is 18.7 Å². The highest BCUT2D eigenvalue weighted by atomic mass is 16.5. The predicted molar refractivity (Wildman–Crippen MR) is 107 cm³/mol. The first-order valence-electron chi connectivity index (χ1n) is 9.15. The lowest BCUT2D eigenvalue weighted by atomic mass is 10.2. The average molecular weight is 389 g/mol. The average Bonchev–Trinajstić information content (AvgIpc) is 3.42. The van der Waals surface area contributed by atoms with Crippen LogP contribution in [0.4, 0.5) is 0 Å². The number of rotatable bonds is 6. The van der Waals surface area contributed by atoms with Gasteiger partial charge in [0, 0.05) is 17.8 Å². The first-order chi connectivity index (χ1) is 14.1. The van der Waals surface area contributed by atoms with E-state index in [-0.39, 0.29) is 12.6 Å². The number of benzene rings is 2. The molecule has 0 aliphatic heterocycles. The first-order valence-corrected chi connectivity index (χ1v) is 9.15. The highest BCUT2D eigenvalue weighted by Crippen LogP contribution is 2.23. The number of nitrogens with one attached hydrogen (secondary N) is 1. The number of carbonyl (C=O) groups excluding carboxylic acids is 2. The summed E-state index contributed by atoms with van der Waals surface area (Å²) in [6.07, 6.45) is 3.48. The lowest BCUT2D eigenvalue weighted by Gasteiger charge is -2.11. The second-order valence-electron chi connectivity index (χ2n) is 6.55. The van der Waals surface area contributed by atoms with Crippen LogP contribution in [0.5, 0.6) is 0 Å². The van der Waals surface area contributed by atoms with Gasteiger partial charge in [0.15, 0.2) is 6.61 Å². The van der Waals surface area contributed by atoms with Gasteiger partial charge in [-0.1, -0.05) is 18.2 Å². The Bertz CT molecular complexity index is 1100. The Balaban J connectivity index is 1.31. The maximum absolute atomic E-state index is 12.2. The van der Waals surface area contributed by atoms with Gasteiger partial charge in [0.05, 0.1) is 17.3 Å². The molecule has 2 aromatic heterocycles. The summed E-state index contributed by atoms with van der Waals surface area (Å²) in [5.41, 5.74) is 1.94. The molecular weight excluding hydrogens is 370 g/mol. The molecule has 2 heterocycles. The molecule has 146 valence electrons. The Morgan fingerprint density at radius 1 is 1.14 bits per heavy atom. The van der Waals surface area contributed by atoms with E-state index in [4.69, 9.17) is 9.15 Å². The van der Waals surface area contributed by atoms with Gasteiger partial charge in [-0.15, -0.1) is 0 Å². The number of hydrogen-bond acceptors (Lipinski definition) is 5. The zero-order valence-corrected chi connectivity index (χ0v) is 15.7. The van der Waals surface area contributed by atoms with Crippen molar-refractivity contribution in [3.8, 4) is 5.69 Å². The largest absolute Gasteiger partial charge is 0.459 e. The van der Waals surface area contributed by atoms with E-state index in [0.29, 0.717) is 11.3 Å². The summed E-state index contributed by atoms with van der Waals surface area (Å²) in [7, 11) is 0. The Labute approximate surface area is 166 Å². The molecule has 7 heteroatoms. The van der Waals surface area contributed by atoms with Crippen LogP contribution in [0.25, 0.3) is 16.7 Å². The standard InChI is InChI=1S/C22H19N3O4/c1-15(20-13-17-5-2-3-6-19(17)29-20)24-21(26)14-28-22(27)16-7-9-18(10-8-16)25-12-4-11-23-25/h2-13,15H,14H2,1H3,(H,24,26)/t15-/m0/s1. The van der Waals surface area contributed by atoms with Crippen LogP contribution in [-0.2, 0) is 9.53 Å². The second kappa shape index (κ2) is 8.02. The molecule has 0 aliphatic rings. The number of furan rings is 1. The fourth-order valence-electron chi connectivity index (χ4n) is 2.96. The Hall–Kier alpha value is -3.87. The van der Waals surface area contributed by atoms with Gasteiger partial charge in [0.1, 0.15) is 11.3 Å². The number of esters is 1. The highest BCUT2D eigenvalue weighted by Gasteiger charge is 2.16. The molecule has 2 aromatic carbocycles. The van der Waals surface area contributed by atoms with Crippen molar-refractivity contribution in [2.24, 2.45) is 0 Å². The van der Waals surface area contributed by atoms with Gasteiger partial charge in [-0.3, -0.25) is 4.79 Å². The SMILES string of the molecule is C[C@H](NC(=O)COC(=O)c1ccc(-n2cccn2)cc1)c1cc2ccccc2o1. The number of fused-ring (bicyclic) bond motifs is 1. The number of para-hydroxylation sites is 1. The van der Waals surface area contributed by atoms with E-state index < -0.39 is 11.9 Å². The monoisotopic (exact) mass is 389 g/mol. The fraction of sp³-hybridized carbons (Fsp3) is 0.136. The molecule has 1 atom stereocenters. The molecule has 0 spiro atoms. The van der Waals surface area contributed by atoms with Gasteiger partial charge in [-0.05, 0) is 49.4 Å². The van der Waals surface area contributed by atoms with Gasteiger partial charge < -0.3 is 14.5 Å². The number of hydrogen-bond donors (Lipinski definition) is 1. The van der Waals surface area contributed by atoms with Crippen molar-refractivity contribution in [3.05, 3.63) is 84.4 Å². The van der Waals surface area contributed by atoms with Gasteiger partial charge in [0.2, 0.25) is 0 Å². The van der Waals surface area contributed by atoms with Crippen molar-refractivity contribution >= 4 is 22.8 Å². The van der Waals surface area contributed by atoms with E-state index in [9.17, 15) is 9.59 Å². The zero-order chi connectivity index (χ0) is 20.2. The second-order valence-corrected chi connectivity index (χ2v) is 6.55. The van der Waals surface area contributed by atoms with Crippen LogP contribution in [-0.4, -0.2) is 28.3 Å². The van der Waals surface area contributed by atoms with Crippen LogP contribution in [0.1, 0.15) is 29.1 Å². The first kappa shape index (κ1) is 18.5. The van der Waals surface area contributed by atoms with Gasteiger partial charge in [0.25, 0.3) is 5.91 Å². The van der Waals surface area contributed by atoms with Crippen molar-refractivity contribution in [2.75, 3.05) is 6.61 Å². The fourth-order valence-corrected chi connectivity index (χ4v) is 2.96. The zero-order valence-electron chi connectivity index (χ0n) is 15.7. The summed E-state index contributed by atoms with van der Waals surface area (Å²) in [6, 6.07) is 17.8. The molecule has 1 N–H and O–H groups in total. The Morgan fingerprint density at radius 3 is 2.66 bits per heavy atom. The minimum atomic E-state index is -0.566. The molecule has 0 bridgehead atoms. The topological polar surface area (TPSA) is 86.4 Å². The van der Waals surface area contributed by atoms with E-state index in [1.165, 1.54) is 0 Å². The van der Waals surface area contributed by atoms with Crippen LogP contribution < -0.4 is 5.32 Å². The summed E-state index contributed by atoms with van der Waals surface area (Å²) in [6.45, 7) is 1.44. The molecule has 0 saturated carbocycles. The van der Waals surface area contributed by atoms with Crippen molar-refractivity contribution in [3.63, 3.8) is 0 Å². The minimum absolute atomic E-state index is 0.345. The van der Waals surface area contributed by atoms with E-state index >= 15 is 0 Å². The lowest BCUT2D eigenvalue weighted by Crippen LogP contribution is -2.31. The van der Waals surface area contributed by atoms with Crippen molar-refractivity contribution in [2.45, 2.75) is 13.0 Å². The molecule has 4 aromatic rings. The molecule has 0 radical (unpaired) electrons. The number of carbonyl (C=O) groups is 2.